The van der Waals surface area contributed by atoms with Crippen LogP contribution in [0.1, 0.15) is 47.1 Å². The van der Waals surface area contributed by atoms with Gasteiger partial charge in [-0.3, -0.25) is 9.59 Å². The first-order chi connectivity index (χ1) is 15.1. The van der Waals surface area contributed by atoms with Crippen molar-refractivity contribution in [1.29, 1.82) is 0 Å². The summed E-state index contributed by atoms with van der Waals surface area (Å²) in [6.07, 6.45) is 2.50. The number of hydrazine groups is 1. The standard InChI is InChI=1S/C22H20Cl2N4O3S/c1-22(2,3)16-6-8-17(9-7-16)32(31)28(21(30)15-5-11-19(24)26-13-15)27-20(29)14-4-10-18(23)25-12-14/h4-13H,1-3H3,(H,27,29). The highest BCUT2D eigenvalue weighted by Crippen LogP contribution is 2.24. The number of carbonyl (C=O) groups excluding carboxylic acids is 2. The van der Waals surface area contributed by atoms with Gasteiger partial charge in [-0.2, -0.15) is 4.41 Å². The van der Waals surface area contributed by atoms with Crippen molar-refractivity contribution in [2.24, 2.45) is 0 Å². The lowest BCUT2D eigenvalue weighted by molar-refractivity contribution is 0.0732. The molecular formula is C22H20Cl2N4O3S. The molecule has 0 spiro atoms. The lowest BCUT2D eigenvalue weighted by Crippen LogP contribution is -2.47. The summed E-state index contributed by atoms with van der Waals surface area (Å²) in [6.45, 7) is 6.17. The monoisotopic (exact) mass is 490 g/mol. The van der Waals surface area contributed by atoms with Crippen LogP contribution < -0.4 is 5.43 Å². The molecule has 2 heterocycles. The van der Waals surface area contributed by atoms with Crippen molar-refractivity contribution in [2.45, 2.75) is 31.1 Å². The van der Waals surface area contributed by atoms with Gasteiger partial charge in [0.15, 0.2) is 11.0 Å². The van der Waals surface area contributed by atoms with Gasteiger partial charge in [0, 0.05) is 12.4 Å². The number of rotatable bonds is 4. The molecule has 0 saturated heterocycles. The zero-order chi connectivity index (χ0) is 23.5. The summed E-state index contributed by atoms with van der Waals surface area (Å²) < 4.78 is 14.1. The summed E-state index contributed by atoms with van der Waals surface area (Å²) >= 11 is 11.6. The second-order valence-electron chi connectivity index (χ2n) is 7.80. The Morgan fingerprint density at radius 2 is 1.41 bits per heavy atom. The molecule has 0 aliphatic heterocycles. The molecule has 32 heavy (non-hydrogen) atoms. The number of nitrogens with one attached hydrogen (secondary N) is 1. The third kappa shape index (κ3) is 5.70. The van der Waals surface area contributed by atoms with Crippen molar-refractivity contribution in [2.75, 3.05) is 0 Å². The molecule has 3 rings (SSSR count). The minimum absolute atomic E-state index is 0.0969. The molecule has 10 heteroatoms. The molecule has 2 aromatic heterocycles. The van der Waals surface area contributed by atoms with E-state index in [-0.39, 0.29) is 26.8 Å². The van der Waals surface area contributed by atoms with E-state index in [1.54, 1.807) is 12.1 Å². The van der Waals surface area contributed by atoms with Gasteiger partial charge in [0.25, 0.3) is 11.8 Å². The number of hydrogen-bond donors (Lipinski definition) is 1. The summed E-state index contributed by atoms with van der Waals surface area (Å²) in [5, 5.41) is 0.410. The lowest BCUT2D eigenvalue weighted by atomic mass is 9.87. The van der Waals surface area contributed by atoms with Gasteiger partial charge in [0.2, 0.25) is 0 Å². The van der Waals surface area contributed by atoms with Crippen LogP contribution in [0.3, 0.4) is 0 Å². The van der Waals surface area contributed by atoms with Gasteiger partial charge in [-0.05, 0) is 47.4 Å². The van der Waals surface area contributed by atoms with E-state index in [2.05, 4.69) is 36.2 Å². The molecule has 3 aromatic rings. The van der Waals surface area contributed by atoms with Crippen molar-refractivity contribution in [1.82, 2.24) is 19.8 Å². The van der Waals surface area contributed by atoms with E-state index in [0.717, 1.165) is 9.98 Å². The molecule has 1 N–H and O–H groups in total. The van der Waals surface area contributed by atoms with Gasteiger partial charge >= 0.3 is 0 Å². The summed E-state index contributed by atoms with van der Waals surface area (Å²) in [7, 11) is -2.05. The van der Waals surface area contributed by atoms with Crippen molar-refractivity contribution in [3.8, 4) is 0 Å². The third-order valence-electron chi connectivity index (χ3n) is 4.44. The van der Waals surface area contributed by atoms with Crippen LogP contribution in [0.4, 0.5) is 0 Å². The number of aromatic nitrogens is 2. The van der Waals surface area contributed by atoms with Gasteiger partial charge in [-0.1, -0.05) is 56.1 Å². The second-order valence-corrected chi connectivity index (χ2v) is 9.91. The van der Waals surface area contributed by atoms with E-state index >= 15 is 0 Å². The largest absolute Gasteiger partial charge is 0.286 e. The molecule has 2 amide bonds. The van der Waals surface area contributed by atoms with Gasteiger partial charge < -0.3 is 0 Å². The van der Waals surface area contributed by atoms with Gasteiger partial charge in [0.05, 0.1) is 16.0 Å². The quantitative estimate of drug-likeness (QED) is 0.426. The Balaban J connectivity index is 1.94. The van der Waals surface area contributed by atoms with Crippen LogP contribution in [0, 0.1) is 0 Å². The van der Waals surface area contributed by atoms with Gasteiger partial charge in [-0.15, -0.1) is 0 Å². The second kappa shape index (κ2) is 9.77. The van der Waals surface area contributed by atoms with Crippen LogP contribution >= 0.6 is 23.2 Å². The van der Waals surface area contributed by atoms with Crippen LogP contribution in [0.25, 0.3) is 0 Å². The van der Waals surface area contributed by atoms with E-state index in [1.165, 1.54) is 36.7 Å². The predicted octanol–water partition coefficient (Wildman–Crippen LogP) is 4.59. The minimum atomic E-state index is -2.05. The van der Waals surface area contributed by atoms with E-state index in [1.807, 2.05) is 12.1 Å². The maximum Gasteiger partial charge on any atom is 0.286 e. The van der Waals surface area contributed by atoms with Crippen molar-refractivity contribution in [3.05, 3.63) is 87.9 Å². The van der Waals surface area contributed by atoms with E-state index in [9.17, 15) is 13.8 Å². The normalized spacial score (nSPS) is 12.2. The maximum atomic E-state index is 13.3. The molecule has 1 unspecified atom stereocenters. The number of carbonyl (C=O) groups is 2. The first-order valence-electron chi connectivity index (χ1n) is 9.47. The van der Waals surface area contributed by atoms with Crippen LogP contribution in [0.5, 0.6) is 0 Å². The van der Waals surface area contributed by atoms with E-state index in [4.69, 9.17) is 23.2 Å². The number of pyridine rings is 2. The maximum absolute atomic E-state index is 13.3. The summed E-state index contributed by atoms with van der Waals surface area (Å²) in [5.74, 6) is -1.40. The van der Waals surface area contributed by atoms with Gasteiger partial charge in [-0.25, -0.2) is 19.6 Å². The van der Waals surface area contributed by atoms with Crippen molar-refractivity contribution >= 4 is 46.0 Å². The Hall–Kier alpha value is -2.81. The lowest BCUT2D eigenvalue weighted by Gasteiger charge is -2.23. The molecule has 7 nitrogen and oxygen atoms in total. The fourth-order valence-electron chi connectivity index (χ4n) is 2.63. The first kappa shape index (κ1) is 23.8. The molecule has 0 aliphatic carbocycles. The fraction of sp³-hybridized carbons (Fsp3) is 0.182. The number of amides is 2. The van der Waals surface area contributed by atoms with Crippen LogP contribution in [-0.4, -0.2) is 30.4 Å². The molecule has 1 aromatic carbocycles. The minimum Gasteiger partial charge on any atom is -0.267 e. The van der Waals surface area contributed by atoms with Crippen LogP contribution in [0.15, 0.2) is 65.8 Å². The molecule has 0 fully saturated rings. The van der Waals surface area contributed by atoms with E-state index in [0.29, 0.717) is 4.90 Å². The highest BCUT2D eigenvalue weighted by atomic mass is 35.5. The van der Waals surface area contributed by atoms with Crippen molar-refractivity contribution < 1.29 is 13.8 Å². The molecule has 1 atom stereocenters. The van der Waals surface area contributed by atoms with Crippen LogP contribution in [-0.2, 0) is 16.4 Å². The van der Waals surface area contributed by atoms with E-state index < -0.39 is 22.8 Å². The Morgan fingerprint density at radius 1 is 0.875 bits per heavy atom. The third-order valence-corrected chi connectivity index (χ3v) is 6.15. The molecule has 0 aliphatic rings. The molecule has 0 saturated carbocycles. The average Bonchev–Trinajstić information content (AvgIpc) is 2.77. The van der Waals surface area contributed by atoms with Crippen LogP contribution in [0.2, 0.25) is 10.3 Å². The highest BCUT2D eigenvalue weighted by Gasteiger charge is 2.27. The van der Waals surface area contributed by atoms with Gasteiger partial charge in [0.1, 0.15) is 10.3 Å². The number of halogens is 2. The number of nitrogens with zero attached hydrogens (tertiary/aromatic N) is 3. The molecule has 166 valence electrons. The number of hydrogen-bond acceptors (Lipinski definition) is 5. The Kier molecular flexibility index (Phi) is 7.28. The summed E-state index contributed by atoms with van der Waals surface area (Å²) in [5.41, 5.74) is 3.59. The Bertz CT molecular complexity index is 1150. The zero-order valence-electron chi connectivity index (χ0n) is 17.5. The number of benzene rings is 1. The average molecular weight is 491 g/mol. The Labute approximate surface area is 198 Å². The predicted molar refractivity (Wildman–Crippen MR) is 124 cm³/mol. The topological polar surface area (TPSA) is 92.3 Å². The zero-order valence-corrected chi connectivity index (χ0v) is 19.8. The molecular weight excluding hydrogens is 471 g/mol. The fourth-order valence-corrected chi connectivity index (χ4v) is 3.86. The Morgan fingerprint density at radius 3 is 1.88 bits per heavy atom. The van der Waals surface area contributed by atoms with Crippen molar-refractivity contribution in [3.63, 3.8) is 0 Å². The summed E-state index contributed by atoms with van der Waals surface area (Å²) in [4.78, 5) is 33.9. The highest BCUT2D eigenvalue weighted by molar-refractivity contribution is 7.83. The molecule has 0 bridgehead atoms. The SMILES string of the molecule is CC(C)(C)c1ccc(S(=O)N(NC(=O)c2ccc(Cl)nc2)C(=O)c2ccc(Cl)nc2)cc1. The smallest absolute Gasteiger partial charge is 0.267 e. The molecule has 0 radical (unpaired) electrons. The first-order valence-corrected chi connectivity index (χ1v) is 11.3. The summed E-state index contributed by atoms with van der Waals surface area (Å²) in [6, 6.07) is 12.7.